The molecule has 0 amide bonds. The van der Waals surface area contributed by atoms with E-state index in [1.807, 2.05) is 12.1 Å². The van der Waals surface area contributed by atoms with Gasteiger partial charge in [0.15, 0.2) is 0 Å². The van der Waals surface area contributed by atoms with E-state index in [9.17, 15) is 0 Å². The quantitative estimate of drug-likeness (QED) is 0.889. The Hall–Kier alpha value is -0.570. The Morgan fingerprint density at radius 3 is 2.79 bits per heavy atom. The Bertz CT molecular complexity index is 411. The van der Waals surface area contributed by atoms with Gasteiger partial charge in [-0.05, 0) is 49.0 Å². The number of nitrogens with zero attached hydrogens (tertiary/aromatic N) is 1. The maximum atomic E-state index is 6.05. The molecule has 1 aliphatic rings. The zero-order chi connectivity index (χ0) is 13.9. The predicted molar refractivity (Wildman–Crippen MR) is 82.5 cm³/mol. The number of hydrogen-bond acceptors (Lipinski definition) is 2. The lowest BCUT2D eigenvalue weighted by atomic mass is 9.76. The van der Waals surface area contributed by atoms with Crippen LogP contribution in [0.4, 0.5) is 0 Å². The lowest BCUT2D eigenvalue weighted by molar-refractivity contribution is 0.132. The van der Waals surface area contributed by atoms with Gasteiger partial charge >= 0.3 is 0 Å². The maximum absolute atomic E-state index is 6.05. The first-order valence-corrected chi connectivity index (χ1v) is 7.53. The summed E-state index contributed by atoms with van der Waals surface area (Å²) in [6.07, 6.45) is 1.28. The van der Waals surface area contributed by atoms with Crippen LogP contribution in [0, 0.1) is 11.3 Å². The molecule has 1 unspecified atom stereocenters. The fourth-order valence-corrected chi connectivity index (χ4v) is 3.33. The van der Waals surface area contributed by atoms with Crippen molar-refractivity contribution in [3.63, 3.8) is 0 Å². The van der Waals surface area contributed by atoms with Crippen molar-refractivity contribution in [1.29, 1.82) is 0 Å². The van der Waals surface area contributed by atoms with Crippen LogP contribution >= 0.6 is 11.6 Å². The van der Waals surface area contributed by atoms with Crippen molar-refractivity contribution in [3.05, 3.63) is 34.9 Å². The van der Waals surface area contributed by atoms with Gasteiger partial charge in [0.05, 0.1) is 0 Å². The van der Waals surface area contributed by atoms with E-state index in [-0.39, 0.29) is 0 Å². The van der Waals surface area contributed by atoms with E-state index >= 15 is 0 Å². The van der Waals surface area contributed by atoms with Gasteiger partial charge in [0.25, 0.3) is 0 Å². The highest BCUT2D eigenvalue weighted by molar-refractivity contribution is 6.30. The lowest BCUT2D eigenvalue weighted by Crippen LogP contribution is -2.41. The SMILES string of the molecule is CC(C)C1(CN(C)Cc2cccc(Cl)c2)CCNC1. The molecule has 0 spiro atoms. The second kappa shape index (κ2) is 6.25. The molecule has 0 bridgehead atoms. The van der Waals surface area contributed by atoms with Gasteiger partial charge in [-0.25, -0.2) is 0 Å². The van der Waals surface area contributed by atoms with Crippen molar-refractivity contribution >= 4 is 11.6 Å². The fraction of sp³-hybridized carbons (Fsp3) is 0.625. The first-order chi connectivity index (χ1) is 9.02. The summed E-state index contributed by atoms with van der Waals surface area (Å²) in [7, 11) is 2.21. The molecule has 2 nitrogen and oxygen atoms in total. The van der Waals surface area contributed by atoms with Gasteiger partial charge in [-0.3, -0.25) is 0 Å². The van der Waals surface area contributed by atoms with Gasteiger partial charge in [0.1, 0.15) is 0 Å². The van der Waals surface area contributed by atoms with E-state index in [4.69, 9.17) is 11.6 Å². The molecule has 3 heteroatoms. The Balaban J connectivity index is 1.98. The van der Waals surface area contributed by atoms with E-state index in [1.54, 1.807) is 0 Å². The van der Waals surface area contributed by atoms with Gasteiger partial charge in [0.2, 0.25) is 0 Å². The third-order valence-corrected chi connectivity index (χ3v) is 4.66. The van der Waals surface area contributed by atoms with E-state index in [0.717, 1.165) is 31.2 Å². The monoisotopic (exact) mass is 280 g/mol. The summed E-state index contributed by atoms with van der Waals surface area (Å²) >= 11 is 6.05. The number of hydrogen-bond donors (Lipinski definition) is 1. The van der Waals surface area contributed by atoms with Crippen LogP contribution in [-0.2, 0) is 6.54 Å². The molecule has 1 N–H and O–H groups in total. The van der Waals surface area contributed by atoms with E-state index in [0.29, 0.717) is 11.3 Å². The Labute approximate surface area is 122 Å². The number of nitrogens with one attached hydrogen (secondary N) is 1. The van der Waals surface area contributed by atoms with Gasteiger partial charge in [-0.2, -0.15) is 0 Å². The summed E-state index contributed by atoms with van der Waals surface area (Å²) in [6.45, 7) is 9.10. The topological polar surface area (TPSA) is 15.3 Å². The zero-order valence-electron chi connectivity index (χ0n) is 12.2. The molecule has 2 rings (SSSR count). The molecular formula is C16H25ClN2. The van der Waals surface area contributed by atoms with Crippen LogP contribution in [0.25, 0.3) is 0 Å². The summed E-state index contributed by atoms with van der Waals surface area (Å²) in [5.74, 6) is 0.712. The molecule has 19 heavy (non-hydrogen) atoms. The van der Waals surface area contributed by atoms with Crippen LogP contribution in [0.15, 0.2) is 24.3 Å². The average molecular weight is 281 g/mol. The molecule has 1 aliphatic heterocycles. The molecule has 0 saturated carbocycles. The van der Waals surface area contributed by atoms with Gasteiger partial charge in [-0.15, -0.1) is 0 Å². The van der Waals surface area contributed by atoms with Gasteiger partial charge < -0.3 is 10.2 Å². The summed E-state index contributed by atoms with van der Waals surface area (Å²) in [6, 6.07) is 8.17. The van der Waals surface area contributed by atoms with Crippen molar-refractivity contribution in [3.8, 4) is 0 Å². The van der Waals surface area contributed by atoms with E-state index in [1.165, 1.54) is 12.0 Å². The van der Waals surface area contributed by atoms with E-state index in [2.05, 4.69) is 43.2 Å². The second-order valence-corrected chi connectivity index (χ2v) is 6.68. The van der Waals surface area contributed by atoms with Crippen LogP contribution in [0.5, 0.6) is 0 Å². The van der Waals surface area contributed by atoms with Crippen molar-refractivity contribution in [1.82, 2.24) is 10.2 Å². The Morgan fingerprint density at radius 2 is 2.21 bits per heavy atom. The van der Waals surface area contributed by atoms with Crippen molar-refractivity contribution in [2.45, 2.75) is 26.8 Å². The molecule has 1 fully saturated rings. The third-order valence-electron chi connectivity index (χ3n) is 4.43. The molecule has 1 heterocycles. The number of halogens is 1. The average Bonchev–Trinajstić information content (AvgIpc) is 2.78. The van der Waals surface area contributed by atoms with Crippen molar-refractivity contribution in [2.75, 3.05) is 26.7 Å². The highest BCUT2D eigenvalue weighted by Crippen LogP contribution is 2.35. The van der Waals surface area contributed by atoms with Gasteiger partial charge in [-0.1, -0.05) is 37.6 Å². The highest BCUT2D eigenvalue weighted by Gasteiger charge is 2.37. The first-order valence-electron chi connectivity index (χ1n) is 7.15. The van der Waals surface area contributed by atoms with Crippen molar-refractivity contribution in [2.24, 2.45) is 11.3 Å². The highest BCUT2D eigenvalue weighted by atomic mass is 35.5. The zero-order valence-corrected chi connectivity index (χ0v) is 13.0. The minimum atomic E-state index is 0.424. The molecule has 0 aromatic heterocycles. The second-order valence-electron chi connectivity index (χ2n) is 6.25. The summed E-state index contributed by atoms with van der Waals surface area (Å²) in [4.78, 5) is 2.43. The normalized spacial score (nSPS) is 23.5. The molecule has 1 saturated heterocycles. The third kappa shape index (κ3) is 3.71. The Kier molecular flexibility index (Phi) is 4.88. The maximum Gasteiger partial charge on any atom is 0.0409 e. The molecule has 1 aromatic rings. The van der Waals surface area contributed by atoms with Crippen LogP contribution in [0.1, 0.15) is 25.8 Å². The Morgan fingerprint density at radius 1 is 1.42 bits per heavy atom. The van der Waals surface area contributed by atoms with Crippen LogP contribution < -0.4 is 5.32 Å². The lowest BCUT2D eigenvalue weighted by Gasteiger charge is -2.36. The van der Waals surface area contributed by atoms with E-state index < -0.39 is 0 Å². The standard InChI is InChI=1S/C16H25ClN2/c1-13(2)16(7-8-18-11-16)12-19(3)10-14-5-4-6-15(17)9-14/h4-6,9,13,18H,7-8,10-12H2,1-3H3. The molecule has 1 aromatic carbocycles. The minimum absolute atomic E-state index is 0.424. The molecule has 0 aliphatic carbocycles. The van der Waals surface area contributed by atoms with Crippen LogP contribution in [0.2, 0.25) is 5.02 Å². The van der Waals surface area contributed by atoms with Crippen LogP contribution in [0.3, 0.4) is 0 Å². The molecular weight excluding hydrogens is 256 g/mol. The first kappa shape index (κ1) is 14.8. The molecule has 1 atom stereocenters. The molecule has 0 radical (unpaired) electrons. The van der Waals surface area contributed by atoms with Gasteiger partial charge in [0, 0.05) is 24.7 Å². The smallest absolute Gasteiger partial charge is 0.0409 e. The fourth-order valence-electron chi connectivity index (χ4n) is 3.11. The number of rotatable bonds is 5. The molecule has 106 valence electrons. The number of benzene rings is 1. The minimum Gasteiger partial charge on any atom is -0.316 e. The summed E-state index contributed by atoms with van der Waals surface area (Å²) < 4.78 is 0. The summed E-state index contributed by atoms with van der Waals surface area (Å²) in [5, 5.41) is 4.35. The predicted octanol–water partition coefficient (Wildman–Crippen LogP) is 3.41. The largest absolute Gasteiger partial charge is 0.316 e. The van der Waals surface area contributed by atoms with Crippen molar-refractivity contribution < 1.29 is 0 Å². The van der Waals surface area contributed by atoms with Crippen LogP contribution in [-0.4, -0.2) is 31.6 Å². The summed E-state index contributed by atoms with van der Waals surface area (Å²) in [5.41, 5.74) is 1.72.